The number of amides is 5. The number of nitrogens with one attached hydrogen (secondary N) is 3. The molecule has 9 nitrogen and oxygen atoms in total. The number of hydrogen-bond donors (Lipinski definition) is 3. The van der Waals surface area contributed by atoms with Gasteiger partial charge in [0.2, 0.25) is 11.8 Å². The van der Waals surface area contributed by atoms with Gasteiger partial charge in [-0.3, -0.25) is 19.3 Å². The van der Waals surface area contributed by atoms with Gasteiger partial charge in [-0.25, -0.2) is 4.79 Å². The lowest BCUT2D eigenvalue weighted by atomic mass is 9.92. The summed E-state index contributed by atoms with van der Waals surface area (Å²) in [5.74, 6) is -0.833. The predicted molar refractivity (Wildman–Crippen MR) is 97.0 cm³/mol. The van der Waals surface area contributed by atoms with Crippen molar-refractivity contribution >= 4 is 23.8 Å². The fourth-order valence-corrected chi connectivity index (χ4v) is 2.88. The minimum atomic E-state index is -1.19. The van der Waals surface area contributed by atoms with Crippen molar-refractivity contribution in [3.63, 3.8) is 0 Å². The van der Waals surface area contributed by atoms with Crippen molar-refractivity contribution in [2.24, 2.45) is 0 Å². The van der Waals surface area contributed by atoms with Crippen LogP contribution in [0.5, 0.6) is 5.75 Å². The lowest BCUT2D eigenvalue weighted by Gasteiger charge is -2.22. The second kappa shape index (κ2) is 8.52. The number of likely N-dealkylation sites (N-methyl/N-ethyl adjacent to an activating group) is 1. The fourth-order valence-electron chi connectivity index (χ4n) is 2.88. The standard InChI is InChI=1S/C18H24N4O5/c1-4-19-14(23)10-20-15(24)11-22-16(25)18(2,21-17(22)26)9-12-7-5-6-8-13(12)27-3/h5-8H,4,9-11H2,1-3H3,(H,19,23)(H,20,24)(H,21,26)/t18-/m1/s1. The Labute approximate surface area is 157 Å². The van der Waals surface area contributed by atoms with E-state index < -0.39 is 29.9 Å². The first-order chi connectivity index (χ1) is 12.8. The van der Waals surface area contributed by atoms with Gasteiger partial charge in [-0.2, -0.15) is 0 Å². The van der Waals surface area contributed by atoms with Gasteiger partial charge in [0, 0.05) is 13.0 Å². The summed E-state index contributed by atoms with van der Waals surface area (Å²) in [6, 6.07) is 6.56. The van der Waals surface area contributed by atoms with Crippen molar-refractivity contribution in [1.82, 2.24) is 20.9 Å². The average Bonchev–Trinajstić information content (AvgIpc) is 2.83. The Morgan fingerprint density at radius 2 is 1.89 bits per heavy atom. The molecule has 0 aliphatic carbocycles. The van der Waals surface area contributed by atoms with E-state index in [0.29, 0.717) is 12.3 Å². The molecule has 9 heteroatoms. The Kier molecular flexibility index (Phi) is 6.38. The van der Waals surface area contributed by atoms with E-state index in [1.54, 1.807) is 19.9 Å². The molecule has 0 bridgehead atoms. The lowest BCUT2D eigenvalue weighted by molar-refractivity contribution is -0.134. The van der Waals surface area contributed by atoms with Gasteiger partial charge in [-0.05, 0) is 25.5 Å². The Balaban J connectivity index is 2.03. The van der Waals surface area contributed by atoms with E-state index in [4.69, 9.17) is 4.74 Å². The average molecular weight is 376 g/mol. The minimum Gasteiger partial charge on any atom is -0.496 e. The number of imide groups is 1. The molecule has 0 aromatic heterocycles. The summed E-state index contributed by atoms with van der Waals surface area (Å²) in [6.45, 7) is 3.14. The highest BCUT2D eigenvalue weighted by atomic mass is 16.5. The Bertz CT molecular complexity index is 751. The topological polar surface area (TPSA) is 117 Å². The summed E-state index contributed by atoms with van der Waals surface area (Å²) in [4.78, 5) is 49.2. The molecule has 1 atom stereocenters. The van der Waals surface area contributed by atoms with Gasteiger partial charge in [-0.15, -0.1) is 0 Å². The first-order valence-corrected chi connectivity index (χ1v) is 8.60. The van der Waals surface area contributed by atoms with Crippen LogP contribution in [-0.2, 0) is 20.8 Å². The van der Waals surface area contributed by atoms with Crippen molar-refractivity contribution in [2.75, 3.05) is 26.7 Å². The molecule has 1 aliphatic rings. The van der Waals surface area contributed by atoms with Gasteiger partial charge in [0.15, 0.2) is 0 Å². The van der Waals surface area contributed by atoms with Gasteiger partial charge >= 0.3 is 6.03 Å². The molecule has 1 fully saturated rings. The molecule has 0 saturated carbocycles. The van der Waals surface area contributed by atoms with Crippen molar-refractivity contribution in [1.29, 1.82) is 0 Å². The van der Waals surface area contributed by atoms with Gasteiger partial charge < -0.3 is 20.7 Å². The Hall–Kier alpha value is -3.10. The van der Waals surface area contributed by atoms with E-state index in [9.17, 15) is 19.2 Å². The van der Waals surface area contributed by atoms with E-state index in [1.165, 1.54) is 7.11 Å². The normalized spacial score (nSPS) is 18.9. The summed E-state index contributed by atoms with van der Waals surface area (Å²) in [5.41, 5.74) is -0.426. The first kappa shape index (κ1) is 20.2. The zero-order chi connectivity index (χ0) is 20.0. The number of carbonyl (C=O) groups is 4. The first-order valence-electron chi connectivity index (χ1n) is 8.60. The molecular formula is C18H24N4O5. The zero-order valence-electron chi connectivity index (χ0n) is 15.6. The molecule has 0 spiro atoms. The number of methoxy groups -OCH3 is 1. The second-order valence-electron chi connectivity index (χ2n) is 6.37. The lowest BCUT2D eigenvalue weighted by Crippen LogP contribution is -2.47. The van der Waals surface area contributed by atoms with Crippen LogP contribution in [0.15, 0.2) is 24.3 Å². The van der Waals surface area contributed by atoms with Crippen LogP contribution in [-0.4, -0.2) is 60.9 Å². The quantitative estimate of drug-likeness (QED) is 0.543. The molecule has 1 heterocycles. The van der Waals surface area contributed by atoms with Crippen LogP contribution in [0.2, 0.25) is 0 Å². The fraction of sp³-hybridized carbons (Fsp3) is 0.444. The summed E-state index contributed by atoms with van der Waals surface area (Å²) in [5, 5.41) is 7.57. The van der Waals surface area contributed by atoms with E-state index in [-0.39, 0.29) is 18.9 Å². The van der Waals surface area contributed by atoms with Crippen molar-refractivity contribution in [2.45, 2.75) is 25.8 Å². The van der Waals surface area contributed by atoms with Crippen molar-refractivity contribution < 1.29 is 23.9 Å². The smallest absolute Gasteiger partial charge is 0.325 e. The van der Waals surface area contributed by atoms with Crippen LogP contribution in [0.4, 0.5) is 4.79 Å². The largest absolute Gasteiger partial charge is 0.496 e. The van der Waals surface area contributed by atoms with Crippen molar-refractivity contribution in [3.05, 3.63) is 29.8 Å². The van der Waals surface area contributed by atoms with Crippen LogP contribution in [0.1, 0.15) is 19.4 Å². The molecule has 0 unspecified atom stereocenters. The Morgan fingerprint density at radius 1 is 1.19 bits per heavy atom. The van der Waals surface area contributed by atoms with E-state index >= 15 is 0 Å². The van der Waals surface area contributed by atoms with E-state index in [2.05, 4.69) is 16.0 Å². The van der Waals surface area contributed by atoms with Gasteiger partial charge in [0.05, 0.1) is 13.7 Å². The van der Waals surface area contributed by atoms with Crippen LogP contribution < -0.4 is 20.7 Å². The molecule has 1 aromatic rings. The molecule has 2 rings (SSSR count). The van der Waals surface area contributed by atoms with E-state index in [0.717, 1.165) is 10.5 Å². The number of nitrogens with zero attached hydrogens (tertiary/aromatic N) is 1. The number of carbonyl (C=O) groups excluding carboxylic acids is 4. The molecule has 1 saturated heterocycles. The molecule has 27 heavy (non-hydrogen) atoms. The van der Waals surface area contributed by atoms with E-state index in [1.807, 2.05) is 18.2 Å². The molecule has 1 aliphatic heterocycles. The Morgan fingerprint density at radius 3 is 2.56 bits per heavy atom. The maximum Gasteiger partial charge on any atom is 0.325 e. The zero-order valence-corrected chi connectivity index (χ0v) is 15.6. The van der Waals surface area contributed by atoms with Crippen LogP contribution in [0.25, 0.3) is 0 Å². The third-order valence-corrected chi connectivity index (χ3v) is 4.20. The summed E-state index contributed by atoms with van der Waals surface area (Å²) in [7, 11) is 1.53. The summed E-state index contributed by atoms with van der Waals surface area (Å²) < 4.78 is 5.29. The molecule has 0 radical (unpaired) electrons. The highest BCUT2D eigenvalue weighted by molar-refractivity contribution is 6.09. The highest BCUT2D eigenvalue weighted by Gasteiger charge is 2.48. The third-order valence-electron chi connectivity index (χ3n) is 4.20. The number of rotatable bonds is 8. The number of ether oxygens (including phenoxy) is 1. The highest BCUT2D eigenvalue weighted by Crippen LogP contribution is 2.27. The number of urea groups is 1. The van der Waals surface area contributed by atoms with Crippen LogP contribution in [0, 0.1) is 0 Å². The van der Waals surface area contributed by atoms with Crippen molar-refractivity contribution in [3.8, 4) is 5.75 Å². The molecule has 146 valence electrons. The SMILES string of the molecule is CCNC(=O)CNC(=O)CN1C(=O)N[C@](C)(Cc2ccccc2OC)C1=O. The summed E-state index contributed by atoms with van der Waals surface area (Å²) in [6.07, 6.45) is 0.221. The number of para-hydroxylation sites is 1. The maximum atomic E-state index is 12.8. The second-order valence-corrected chi connectivity index (χ2v) is 6.37. The van der Waals surface area contributed by atoms with Crippen LogP contribution >= 0.6 is 0 Å². The number of benzene rings is 1. The molecule has 5 amide bonds. The summed E-state index contributed by atoms with van der Waals surface area (Å²) >= 11 is 0. The van der Waals surface area contributed by atoms with Gasteiger partial charge in [0.25, 0.3) is 5.91 Å². The molecule has 3 N–H and O–H groups in total. The maximum absolute atomic E-state index is 12.8. The molecular weight excluding hydrogens is 352 g/mol. The monoisotopic (exact) mass is 376 g/mol. The minimum absolute atomic E-state index is 0.213. The van der Waals surface area contributed by atoms with Gasteiger partial charge in [0.1, 0.15) is 17.8 Å². The van der Waals surface area contributed by atoms with Gasteiger partial charge in [-0.1, -0.05) is 18.2 Å². The third kappa shape index (κ3) is 4.75. The van der Waals surface area contributed by atoms with Crippen LogP contribution in [0.3, 0.4) is 0 Å². The number of hydrogen-bond acceptors (Lipinski definition) is 5. The predicted octanol–water partition coefficient (Wildman–Crippen LogP) is -0.199. The molecule has 1 aromatic carbocycles.